The molecule has 2 heterocycles. The van der Waals surface area contributed by atoms with Crippen molar-refractivity contribution < 1.29 is 9.47 Å². The van der Waals surface area contributed by atoms with Crippen LogP contribution in [0, 0.1) is 13.8 Å². The van der Waals surface area contributed by atoms with Crippen LogP contribution in [0.2, 0.25) is 0 Å². The normalized spacial score (nSPS) is 16.6. The molecular weight excluding hydrogens is 300 g/mol. The van der Waals surface area contributed by atoms with Crippen molar-refractivity contribution in [2.75, 3.05) is 32.2 Å². The van der Waals surface area contributed by atoms with Crippen LogP contribution >= 0.6 is 0 Å². The largest absolute Gasteiger partial charge is 0.496 e. The van der Waals surface area contributed by atoms with Gasteiger partial charge < -0.3 is 14.8 Å². The molecule has 128 valence electrons. The highest BCUT2D eigenvalue weighted by Gasteiger charge is 2.37. The molecule has 1 aliphatic heterocycles. The summed E-state index contributed by atoms with van der Waals surface area (Å²) in [6.07, 6.45) is 1.96. The molecule has 1 saturated heterocycles. The third kappa shape index (κ3) is 3.54. The predicted octanol–water partition coefficient (Wildman–Crippen LogP) is 3.87. The van der Waals surface area contributed by atoms with E-state index >= 15 is 0 Å². The molecule has 0 spiro atoms. The van der Waals surface area contributed by atoms with Crippen LogP contribution in [0.3, 0.4) is 0 Å². The average molecular weight is 326 g/mol. The van der Waals surface area contributed by atoms with Gasteiger partial charge in [-0.3, -0.25) is 0 Å². The minimum absolute atomic E-state index is 0.00103. The molecule has 0 saturated carbocycles. The Morgan fingerprint density at radius 2 is 1.96 bits per heavy atom. The fraction of sp³-hybridized carbons (Fsp3) is 0.450. The van der Waals surface area contributed by atoms with Crippen LogP contribution < -0.4 is 10.1 Å². The monoisotopic (exact) mass is 326 g/mol. The van der Waals surface area contributed by atoms with Crippen molar-refractivity contribution in [3.8, 4) is 5.75 Å². The number of ether oxygens (including phenoxy) is 2. The number of aryl methyl sites for hydroxylation is 2. The van der Waals surface area contributed by atoms with E-state index in [0.717, 1.165) is 49.9 Å². The first kappa shape index (κ1) is 16.8. The molecule has 0 bridgehead atoms. The van der Waals surface area contributed by atoms with Crippen molar-refractivity contribution in [2.45, 2.75) is 32.1 Å². The summed E-state index contributed by atoms with van der Waals surface area (Å²) in [6.45, 7) is 6.52. The van der Waals surface area contributed by atoms with Gasteiger partial charge in [0.25, 0.3) is 0 Å². The van der Waals surface area contributed by atoms with Gasteiger partial charge >= 0.3 is 0 Å². The van der Waals surface area contributed by atoms with Gasteiger partial charge in [0.15, 0.2) is 0 Å². The van der Waals surface area contributed by atoms with Gasteiger partial charge in [-0.25, -0.2) is 4.98 Å². The maximum Gasteiger partial charge on any atom is 0.126 e. The molecule has 1 aromatic heterocycles. The highest BCUT2D eigenvalue weighted by atomic mass is 16.5. The topological polar surface area (TPSA) is 43.4 Å². The number of hydrogen-bond acceptors (Lipinski definition) is 4. The molecule has 2 aromatic rings. The van der Waals surface area contributed by atoms with Crippen molar-refractivity contribution in [2.24, 2.45) is 0 Å². The lowest BCUT2D eigenvalue weighted by molar-refractivity contribution is 0.0535. The van der Waals surface area contributed by atoms with E-state index in [9.17, 15) is 0 Å². The zero-order valence-corrected chi connectivity index (χ0v) is 14.8. The second kappa shape index (κ2) is 7.22. The van der Waals surface area contributed by atoms with Crippen LogP contribution in [0.4, 0.5) is 5.82 Å². The lowest BCUT2D eigenvalue weighted by Gasteiger charge is -2.39. The summed E-state index contributed by atoms with van der Waals surface area (Å²) in [4.78, 5) is 4.57. The molecule has 0 aliphatic carbocycles. The Balaban J connectivity index is 1.91. The number of methoxy groups -OCH3 is 1. The first-order chi connectivity index (χ1) is 11.6. The number of rotatable bonds is 5. The molecule has 1 aromatic carbocycles. The van der Waals surface area contributed by atoms with E-state index in [1.54, 1.807) is 7.11 Å². The Kier molecular flexibility index (Phi) is 5.05. The zero-order valence-electron chi connectivity index (χ0n) is 14.8. The molecule has 0 radical (unpaired) electrons. The van der Waals surface area contributed by atoms with Gasteiger partial charge in [0.2, 0.25) is 0 Å². The van der Waals surface area contributed by atoms with Crippen LogP contribution in [0.15, 0.2) is 36.4 Å². The molecule has 4 nitrogen and oxygen atoms in total. The highest BCUT2D eigenvalue weighted by Crippen LogP contribution is 2.40. The summed E-state index contributed by atoms with van der Waals surface area (Å²) in [5.41, 5.74) is 3.55. The van der Waals surface area contributed by atoms with Crippen LogP contribution in [-0.2, 0) is 10.2 Å². The molecule has 0 atom stereocenters. The van der Waals surface area contributed by atoms with Crippen molar-refractivity contribution in [3.63, 3.8) is 0 Å². The summed E-state index contributed by atoms with van der Waals surface area (Å²) < 4.78 is 11.3. The Bertz CT molecular complexity index is 694. The van der Waals surface area contributed by atoms with Crippen LogP contribution in [0.25, 0.3) is 0 Å². The number of nitrogens with zero attached hydrogens (tertiary/aromatic N) is 1. The van der Waals surface area contributed by atoms with E-state index in [4.69, 9.17) is 9.47 Å². The van der Waals surface area contributed by atoms with Crippen molar-refractivity contribution >= 4 is 5.82 Å². The van der Waals surface area contributed by atoms with E-state index in [2.05, 4.69) is 35.4 Å². The summed E-state index contributed by atoms with van der Waals surface area (Å²) in [6, 6.07) is 12.5. The van der Waals surface area contributed by atoms with Crippen LogP contribution in [0.5, 0.6) is 5.75 Å². The van der Waals surface area contributed by atoms with Crippen molar-refractivity contribution in [1.82, 2.24) is 4.98 Å². The van der Waals surface area contributed by atoms with Gasteiger partial charge in [-0.2, -0.15) is 0 Å². The lowest BCUT2D eigenvalue weighted by Crippen LogP contribution is -2.40. The molecule has 24 heavy (non-hydrogen) atoms. The smallest absolute Gasteiger partial charge is 0.126 e. The number of anilines is 1. The van der Waals surface area contributed by atoms with E-state index in [-0.39, 0.29) is 5.41 Å². The molecule has 1 N–H and O–H groups in total. The Labute approximate surface area is 144 Å². The first-order valence-corrected chi connectivity index (χ1v) is 8.53. The summed E-state index contributed by atoms with van der Waals surface area (Å²) >= 11 is 0. The molecule has 0 unspecified atom stereocenters. The summed E-state index contributed by atoms with van der Waals surface area (Å²) in [7, 11) is 1.75. The molecule has 4 heteroatoms. The van der Waals surface area contributed by atoms with E-state index in [1.165, 1.54) is 11.1 Å². The fourth-order valence-electron chi connectivity index (χ4n) is 3.44. The maximum absolute atomic E-state index is 5.67. The van der Waals surface area contributed by atoms with Crippen molar-refractivity contribution in [3.05, 3.63) is 53.2 Å². The average Bonchev–Trinajstić information content (AvgIpc) is 2.61. The third-order valence-electron chi connectivity index (χ3n) is 4.87. The van der Waals surface area contributed by atoms with E-state index < -0.39 is 0 Å². The van der Waals surface area contributed by atoms with Gasteiger partial charge in [0.1, 0.15) is 11.6 Å². The molecule has 1 fully saturated rings. The second-order valence-corrected chi connectivity index (χ2v) is 6.61. The molecule has 0 amide bonds. The Morgan fingerprint density at radius 3 is 2.67 bits per heavy atom. The van der Waals surface area contributed by atoms with Gasteiger partial charge in [-0.1, -0.05) is 23.8 Å². The minimum atomic E-state index is 0.00103. The SMILES string of the molecule is COc1ccc(C)cc1C1(CNc2cccc(C)n2)CCOCC1. The van der Waals surface area contributed by atoms with Gasteiger partial charge in [-0.15, -0.1) is 0 Å². The fourth-order valence-corrected chi connectivity index (χ4v) is 3.44. The number of nitrogens with one attached hydrogen (secondary N) is 1. The Morgan fingerprint density at radius 1 is 1.17 bits per heavy atom. The lowest BCUT2D eigenvalue weighted by atomic mass is 9.73. The quantitative estimate of drug-likeness (QED) is 0.906. The standard InChI is InChI=1S/C20H26N2O2/c1-15-7-8-18(23-3)17(13-15)20(9-11-24-12-10-20)14-21-19-6-4-5-16(2)22-19/h4-8,13H,9-12,14H2,1-3H3,(H,21,22). The highest BCUT2D eigenvalue weighted by molar-refractivity contribution is 5.45. The van der Waals surface area contributed by atoms with E-state index in [0.29, 0.717) is 0 Å². The number of aromatic nitrogens is 1. The predicted molar refractivity (Wildman–Crippen MR) is 96.9 cm³/mol. The van der Waals surface area contributed by atoms with Crippen LogP contribution in [-0.4, -0.2) is 31.9 Å². The number of hydrogen-bond donors (Lipinski definition) is 1. The minimum Gasteiger partial charge on any atom is -0.496 e. The Hall–Kier alpha value is -2.07. The second-order valence-electron chi connectivity index (χ2n) is 6.61. The van der Waals surface area contributed by atoms with Gasteiger partial charge in [0.05, 0.1) is 7.11 Å². The number of benzene rings is 1. The van der Waals surface area contributed by atoms with Crippen LogP contribution in [0.1, 0.15) is 29.7 Å². The molecule has 3 rings (SSSR count). The summed E-state index contributed by atoms with van der Waals surface area (Å²) in [5.74, 6) is 1.88. The van der Waals surface area contributed by atoms with E-state index in [1.807, 2.05) is 25.1 Å². The van der Waals surface area contributed by atoms with Gasteiger partial charge in [0, 0.05) is 36.4 Å². The molecular formula is C20H26N2O2. The summed E-state index contributed by atoms with van der Waals surface area (Å²) in [5, 5.41) is 3.54. The maximum atomic E-state index is 5.67. The van der Waals surface area contributed by atoms with Gasteiger partial charge in [-0.05, 0) is 44.9 Å². The number of pyridine rings is 1. The third-order valence-corrected chi connectivity index (χ3v) is 4.87. The van der Waals surface area contributed by atoms with Crippen molar-refractivity contribution in [1.29, 1.82) is 0 Å². The molecule has 1 aliphatic rings. The first-order valence-electron chi connectivity index (χ1n) is 8.53. The zero-order chi connectivity index (χ0) is 17.0.